The van der Waals surface area contributed by atoms with Crippen molar-refractivity contribution < 1.29 is 76.0 Å². The SMILES string of the molecule is CCCCCCCCC(CCCCCC)C(=O)OCC1(COC(=O)C(CCCCCC)CCCCCCCC)COc2c(C)sc(-c3sc(C)c4c3OCC3(CO4)CSSC3)c2OC1.CCCCCCCCC(CCCCCC)C(=O)OCC1(COC(=O)C(CCCCCC)CCCCCCCC)COc2csc(Cl)c2OC1.Clc1scc2c1OCC1(CO2)CSSC1.[Cl][Sn]([Cl])([Cl])[Cl]. The molecular formula is C102H164Cl6O16S8Sn. The number of ether oxygens (including phenoxy) is 12. The Morgan fingerprint density at radius 3 is 0.789 bits per heavy atom. The van der Waals surface area contributed by atoms with Crippen molar-refractivity contribution in [2.45, 2.75) is 377 Å². The van der Waals surface area contributed by atoms with Crippen molar-refractivity contribution in [3.8, 4) is 55.8 Å². The van der Waals surface area contributed by atoms with Gasteiger partial charge in [0.2, 0.25) is 0 Å². The van der Waals surface area contributed by atoms with Gasteiger partial charge in [-0.05, 0) is 65.2 Å². The van der Waals surface area contributed by atoms with Crippen molar-refractivity contribution in [2.24, 2.45) is 45.3 Å². The first-order valence-corrected chi connectivity index (χ1v) is 74.7. The van der Waals surface area contributed by atoms with Crippen LogP contribution in [0.15, 0.2) is 10.8 Å². The zero-order valence-electron chi connectivity index (χ0n) is 82.3. The van der Waals surface area contributed by atoms with Gasteiger partial charge in [0.25, 0.3) is 0 Å². The Labute approximate surface area is 862 Å². The number of fused-ring (bicyclic) bond motifs is 4. The molecule has 2 fully saturated rings. The molecule has 4 unspecified atom stereocenters. The maximum atomic E-state index is 14.2. The molecule has 762 valence electrons. The van der Waals surface area contributed by atoms with Gasteiger partial charge >= 0.3 is 73.4 Å². The molecule has 0 aliphatic carbocycles. The average molecular weight is 2230 g/mol. The first-order valence-electron chi connectivity index (χ1n) is 51.1. The number of carbonyl (C=O) groups is 4. The third kappa shape index (κ3) is 43.8. The van der Waals surface area contributed by atoms with Crippen molar-refractivity contribution in [3.63, 3.8) is 0 Å². The van der Waals surface area contributed by atoms with Gasteiger partial charge in [0, 0.05) is 43.5 Å². The number of thiophene rings is 4. The summed E-state index contributed by atoms with van der Waals surface area (Å²) < 4.78 is 77.1. The van der Waals surface area contributed by atoms with Crippen LogP contribution >= 0.6 is 147 Å². The summed E-state index contributed by atoms with van der Waals surface area (Å²) in [5.74, 6) is 8.76. The molecule has 6 aliphatic heterocycles. The summed E-state index contributed by atoms with van der Waals surface area (Å²) in [6.07, 6.45) is 53.5. The monoisotopic (exact) mass is 2230 g/mol. The van der Waals surface area contributed by atoms with Crippen molar-refractivity contribution in [1.29, 1.82) is 0 Å². The summed E-state index contributed by atoms with van der Waals surface area (Å²) in [5, 5.41) is 3.76. The summed E-state index contributed by atoms with van der Waals surface area (Å²) >= 11 is 15.3. The Kier molecular flexibility index (Phi) is 60.5. The van der Waals surface area contributed by atoms with Crippen molar-refractivity contribution in [3.05, 3.63) is 29.2 Å². The van der Waals surface area contributed by atoms with Crippen LogP contribution in [0.1, 0.15) is 373 Å². The number of hydrogen-bond donors (Lipinski definition) is 0. The average Bonchev–Trinajstić information content (AvgIpc) is 1.60. The maximum absolute atomic E-state index is 14.2. The minimum absolute atomic E-state index is 0.00160. The van der Waals surface area contributed by atoms with Gasteiger partial charge in [-0.1, -0.05) is 379 Å². The minimum atomic E-state index is -3.29. The third-order valence-corrected chi connectivity index (χ3v) is 36.3. The van der Waals surface area contributed by atoms with Gasteiger partial charge in [-0.15, -0.1) is 45.3 Å². The van der Waals surface area contributed by atoms with E-state index in [-0.39, 0.29) is 111 Å². The van der Waals surface area contributed by atoms with Gasteiger partial charge in [-0.2, -0.15) is 0 Å². The van der Waals surface area contributed by atoms with E-state index in [9.17, 15) is 19.2 Å². The second-order valence-corrected chi connectivity index (χ2v) is 74.1. The van der Waals surface area contributed by atoms with Gasteiger partial charge in [0.05, 0.1) is 70.7 Å². The van der Waals surface area contributed by atoms with E-state index in [0.717, 1.165) is 246 Å². The number of hydrogen-bond acceptors (Lipinski definition) is 24. The van der Waals surface area contributed by atoms with Crippen molar-refractivity contribution in [2.75, 3.05) is 102 Å². The van der Waals surface area contributed by atoms with Gasteiger partial charge in [-0.25, -0.2) is 0 Å². The second-order valence-electron chi connectivity index (χ2n) is 38.3. The van der Waals surface area contributed by atoms with Crippen molar-refractivity contribution in [1.82, 2.24) is 0 Å². The first-order chi connectivity index (χ1) is 64.4. The molecule has 0 amide bonds. The van der Waals surface area contributed by atoms with E-state index in [2.05, 4.69) is 69.2 Å². The summed E-state index contributed by atoms with van der Waals surface area (Å²) in [5.41, 5.74) is -1.55. The van der Waals surface area contributed by atoms with Crippen LogP contribution in [-0.4, -0.2) is 140 Å². The third-order valence-electron chi connectivity index (χ3n) is 26.0. The van der Waals surface area contributed by atoms with Crippen LogP contribution in [0, 0.1) is 59.2 Å². The van der Waals surface area contributed by atoms with E-state index < -0.39 is 24.7 Å². The van der Waals surface area contributed by atoms with Gasteiger partial charge in [-0.3, -0.25) is 19.2 Å². The fraction of sp³-hybridized carbons (Fsp3) is 0.804. The normalized spacial score (nSPS) is 18.3. The molecular weight excluding hydrogens is 2070 g/mol. The van der Waals surface area contributed by atoms with E-state index in [4.69, 9.17) is 116 Å². The van der Waals surface area contributed by atoms with Gasteiger partial charge in [0.15, 0.2) is 46.0 Å². The molecule has 4 atom stereocenters. The molecule has 133 heavy (non-hydrogen) atoms. The number of aryl methyl sites for hydroxylation is 2. The number of rotatable bonds is 61. The molecule has 10 rings (SSSR count). The molecule has 31 heteroatoms. The van der Waals surface area contributed by atoms with Crippen LogP contribution in [0.3, 0.4) is 0 Å². The molecule has 2 spiro atoms. The fourth-order valence-corrected chi connectivity index (χ4v) is 28.1. The molecule has 0 aromatic carbocycles. The first kappa shape index (κ1) is 119. The molecule has 10 heterocycles. The molecule has 16 nitrogen and oxygen atoms in total. The molecule has 0 radical (unpaired) electrons. The molecule has 0 saturated carbocycles. The predicted octanol–water partition coefficient (Wildman–Crippen LogP) is 34.6. The Hall–Kier alpha value is -0.981. The standard InChI is InChI=1S/C52H84O8S4.C41H71ClO6S.C9H9ClO2S3.4ClH.Sn/c1-7-11-15-19-21-25-29-41(27-23-17-13-9-3)49(53)59-33-51(34-60-50(54)42(28-24-18-14-10-4)30-26-22-20-16-12-8-2)31-55-43-39(5)63-47(45(43)57-32-51)48-46-44(40(6)64-48)56-35-52(36-58-46)37-61-62-38-52;1-5-9-13-17-19-23-27-34(25-21-15-11-7-3)39(43)47-32-41(30-45-36-29-49-38(42)37(36)46-31-41)33-48-40(44)35(26-22-16-12-8-4)28-24-20-18-14-10-6-2;10-8-7-6(1-13-8)11-2-9(3-12-7)4-14-15-5-9;;;;;/h41-42H,7-38H2,1-6H3;29,34-35H,5-28,30-33H2,1-4H3;1H,2-5H2;4*1H;/q;;;;;;;+4/p-4. The van der Waals surface area contributed by atoms with Crippen LogP contribution in [0.25, 0.3) is 9.75 Å². The molecule has 2 saturated heterocycles. The molecule has 6 aliphatic rings. The fourth-order valence-electron chi connectivity index (χ4n) is 17.3. The topological polar surface area (TPSA) is 179 Å². The molecule has 4 aromatic rings. The summed E-state index contributed by atoms with van der Waals surface area (Å²) in [7, 11) is 27.7. The van der Waals surface area contributed by atoms with Crippen LogP contribution in [0.4, 0.5) is 0 Å². The van der Waals surface area contributed by atoms with E-state index >= 15 is 0 Å². The van der Waals surface area contributed by atoms with Crippen LogP contribution in [0.5, 0.6) is 46.0 Å². The summed E-state index contributed by atoms with van der Waals surface area (Å²) in [6, 6.07) is 0. The van der Waals surface area contributed by atoms with E-state index in [1.807, 2.05) is 53.9 Å². The predicted molar refractivity (Wildman–Crippen MR) is 573 cm³/mol. The zero-order chi connectivity index (χ0) is 96.0. The second kappa shape index (κ2) is 67.6. The Morgan fingerprint density at radius 1 is 0.308 bits per heavy atom. The summed E-state index contributed by atoms with van der Waals surface area (Å²) in [6.45, 7) is 25.8. The molecule has 0 bridgehead atoms. The number of unbranched alkanes of at least 4 members (excludes halogenated alkanes) is 32. The van der Waals surface area contributed by atoms with E-state index in [0.29, 0.717) is 44.9 Å². The Morgan fingerprint density at radius 2 is 0.511 bits per heavy atom. The number of carbonyl (C=O) groups excluding carboxylic acids is 4. The van der Waals surface area contributed by atoms with Crippen LogP contribution in [0.2, 0.25) is 8.67 Å². The van der Waals surface area contributed by atoms with Crippen LogP contribution in [-0.2, 0) is 38.1 Å². The zero-order valence-corrected chi connectivity index (χ0v) is 96.2. The van der Waals surface area contributed by atoms with Gasteiger partial charge < -0.3 is 56.8 Å². The van der Waals surface area contributed by atoms with Crippen molar-refractivity contribution >= 4 is 185 Å². The van der Waals surface area contributed by atoms with Gasteiger partial charge in [0.1, 0.15) is 72.4 Å². The number of esters is 4. The number of halogens is 6. The summed E-state index contributed by atoms with van der Waals surface area (Å²) in [4.78, 5) is 59.7. The Bertz CT molecular complexity index is 3740. The Balaban J connectivity index is 0.000000305. The van der Waals surface area contributed by atoms with Crippen LogP contribution < -0.4 is 37.9 Å². The van der Waals surface area contributed by atoms with E-state index in [1.54, 1.807) is 22.7 Å². The quantitative estimate of drug-likeness (QED) is 0.0134. The molecule has 0 N–H and O–H groups in total. The van der Waals surface area contributed by atoms with E-state index in [1.165, 1.54) is 164 Å². The molecule has 4 aromatic heterocycles.